The predicted octanol–water partition coefficient (Wildman–Crippen LogP) is 4.99. The van der Waals surface area contributed by atoms with Crippen molar-refractivity contribution in [3.05, 3.63) is 53.6 Å². The first-order valence-electron chi connectivity index (χ1n) is 7.93. The summed E-state index contributed by atoms with van der Waals surface area (Å²) in [4.78, 5) is 11.0. The Morgan fingerprint density at radius 3 is 2.73 bits per heavy atom. The minimum atomic E-state index is -0.663. The number of allylic oxidation sites excluding steroid dienone is 1. The predicted molar refractivity (Wildman–Crippen MR) is 90.6 cm³/mol. The maximum atomic E-state index is 11.0. The van der Waals surface area contributed by atoms with E-state index in [1.165, 1.54) is 21.9 Å². The highest BCUT2D eigenvalue weighted by Crippen LogP contribution is 2.48. The van der Waals surface area contributed by atoms with Gasteiger partial charge in [0.2, 0.25) is 0 Å². The van der Waals surface area contributed by atoms with Gasteiger partial charge in [-0.1, -0.05) is 55.0 Å². The Hall–Kier alpha value is -2.09. The molecule has 0 spiro atoms. The maximum absolute atomic E-state index is 11.0. The number of rotatable bonds is 5. The summed E-state index contributed by atoms with van der Waals surface area (Å²) < 4.78 is 0. The van der Waals surface area contributed by atoms with E-state index in [1.54, 1.807) is 0 Å². The number of carbonyl (C=O) groups is 1. The summed E-state index contributed by atoms with van der Waals surface area (Å²) in [5.41, 5.74) is 2.56. The molecule has 2 aromatic carbocycles. The van der Waals surface area contributed by atoms with Gasteiger partial charge >= 0.3 is 5.97 Å². The van der Waals surface area contributed by atoms with Gasteiger partial charge in [0.25, 0.3) is 0 Å². The number of hydrogen-bond donors (Lipinski definition) is 1. The molecule has 2 aromatic rings. The van der Waals surface area contributed by atoms with Crippen molar-refractivity contribution in [3.8, 4) is 0 Å². The topological polar surface area (TPSA) is 37.3 Å². The number of aliphatic carboxylic acids is 1. The lowest BCUT2D eigenvalue weighted by molar-refractivity contribution is -0.141. The Bertz CT molecular complexity index is 729. The first-order chi connectivity index (χ1) is 10.5. The van der Waals surface area contributed by atoms with Crippen LogP contribution in [0.15, 0.2) is 48.0 Å². The number of fused-ring (bicyclic) bond motifs is 1. The Kier molecular flexibility index (Phi) is 4.02. The Labute approximate surface area is 131 Å². The van der Waals surface area contributed by atoms with Crippen LogP contribution in [-0.4, -0.2) is 11.1 Å². The molecular formula is C20H22O2. The molecule has 0 amide bonds. The van der Waals surface area contributed by atoms with Crippen molar-refractivity contribution >= 4 is 22.8 Å². The van der Waals surface area contributed by atoms with Crippen LogP contribution in [0.5, 0.6) is 0 Å². The fourth-order valence-electron chi connectivity index (χ4n) is 3.36. The third-order valence-corrected chi connectivity index (χ3v) is 4.78. The molecule has 2 heteroatoms. The van der Waals surface area contributed by atoms with Gasteiger partial charge in [-0.2, -0.15) is 0 Å². The van der Waals surface area contributed by atoms with E-state index in [0.717, 1.165) is 12.8 Å². The van der Waals surface area contributed by atoms with Gasteiger partial charge in [-0.3, -0.25) is 4.79 Å². The molecule has 0 bridgehead atoms. The monoisotopic (exact) mass is 294 g/mol. The van der Waals surface area contributed by atoms with Crippen LogP contribution in [0.4, 0.5) is 0 Å². The molecule has 0 saturated heterocycles. The standard InChI is InChI=1S/C20H22O2/c1-13(10-18-12-19(18)14(2)20(21)22)9-15-7-8-16-5-3-4-6-17(16)11-15/h3-9,11,14,18-19H,10,12H2,1-2H3,(H,21,22). The zero-order valence-corrected chi connectivity index (χ0v) is 13.1. The summed E-state index contributed by atoms with van der Waals surface area (Å²) >= 11 is 0. The van der Waals surface area contributed by atoms with Gasteiger partial charge in [0.1, 0.15) is 0 Å². The molecule has 1 N–H and O–H groups in total. The van der Waals surface area contributed by atoms with Crippen LogP contribution >= 0.6 is 0 Å². The summed E-state index contributed by atoms with van der Waals surface area (Å²) in [5.74, 6) is 0.0300. The van der Waals surface area contributed by atoms with Gasteiger partial charge in [0.05, 0.1) is 5.92 Å². The number of benzene rings is 2. The van der Waals surface area contributed by atoms with Gasteiger partial charge in [0.15, 0.2) is 0 Å². The van der Waals surface area contributed by atoms with Crippen LogP contribution in [-0.2, 0) is 4.79 Å². The van der Waals surface area contributed by atoms with Gasteiger partial charge in [-0.05, 0) is 54.0 Å². The van der Waals surface area contributed by atoms with Crippen LogP contribution in [0, 0.1) is 17.8 Å². The Balaban J connectivity index is 1.68. The average molecular weight is 294 g/mol. The minimum Gasteiger partial charge on any atom is -0.481 e. The summed E-state index contributed by atoms with van der Waals surface area (Å²) in [5, 5.41) is 11.6. The quantitative estimate of drug-likeness (QED) is 0.843. The second-order valence-electron chi connectivity index (χ2n) is 6.59. The summed E-state index contributed by atoms with van der Waals surface area (Å²) in [7, 11) is 0. The molecule has 0 aromatic heterocycles. The van der Waals surface area contributed by atoms with Gasteiger partial charge in [-0.15, -0.1) is 0 Å². The van der Waals surface area contributed by atoms with Crippen LogP contribution in [0.3, 0.4) is 0 Å². The van der Waals surface area contributed by atoms with Crippen molar-refractivity contribution in [2.75, 3.05) is 0 Å². The summed E-state index contributed by atoms with van der Waals surface area (Å²) in [6, 6.07) is 14.9. The van der Waals surface area contributed by atoms with E-state index in [4.69, 9.17) is 5.11 Å². The number of carboxylic acid groups (broad SMARTS) is 1. The van der Waals surface area contributed by atoms with Crippen LogP contribution in [0.25, 0.3) is 16.8 Å². The number of carboxylic acids is 1. The van der Waals surface area contributed by atoms with E-state index >= 15 is 0 Å². The van der Waals surface area contributed by atoms with Crippen LogP contribution < -0.4 is 0 Å². The van der Waals surface area contributed by atoms with E-state index in [0.29, 0.717) is 11.8 Å². The SMILES string of the molecule is CC(=Cc1ccc2ccccc2c1)CC1CC1C(C)C(=O)O. The van der Waals surface area contributed by atoms with Crippen molar-refractivity contribution in [2.24, 2.45) is 17.8 Å². The van der Waals surface area contributed by atoms with Crippen molar-refractivity contribution in [2.45, 2.75) is 26.7 Å². The van der Waals surface area contributed by atoms with Crippen molar-refractivity contribution in [3.63, 3.8) is 0 Å². The first kappa shape index (κ1) is 14.8. The van der Waals surface area contributed by atoms with Crippen molar-refractivity contribution in [1.29, 1.82) is 0 Å². The molecule has 3 atom stereocenters. The zero-order chi connectivity index (χ0) is 15.7. The molecule has 1 fully saturated rings. The fourth-order valence-corrected chi connectivity index (χ4v) is 3.36. The molecule has 3 rings (SSSR count). The smallest absolute Gasteiger partial charge is 0.306 e. The lowest BCUT2D eigenvalue weighted by Gasteiger charge is -2.06. The van der Waals surface area contributed by atoms with Crippen molar-refractivity contribution in [1.82, 2.24) is 0 Å². The molecule has 1 saturated carbocycles. The molecule has 1 aliphatic rings. The zero-order valence-electron chi connectivity index (χ0n) is 13.1. The van der Waals surface area contributed by atoms with Crippen LogP contribution in [0.2, 0.25) is 0 Å². The molecule has 1 aliphatic carbocycles. The molecule has 0 heterocycles. The normalized spacial score (nSPS) is 22.5. The average Bonchev–Trinajstić information content (AvgIpc) is 3.25. The third kappa shape index (κ3) is 3.22. The minimum absolute atomic E-state index is 0.210. The lowest BCUT2D eigenvalue weighted by atomic mass is 10.00. The van der Waals surface area contributed by atoms with Gasteiger partial charge < -0.3 is 5.11 Å². The Morgan fingerprint density at radius 1 is 1.27 bits per heavy atom. The first-order valence-corrected chi connectivity index (χ1v) is 7.93. The lowest BCUT2D eigenvalue weighted by Crippen LogP contribution is -2.12. The molecule has 22 heavy (non-hydrogen) atoms. The molecule has 0 aliphatic heterocycles. The molecule has 114 valence electrons. The molecule has 2 nitrogen and oxygen atoms in total. The van der Waals surface area contributed by atoms with Crippen molar-refractivity contribution < 1.29 is 9.90 Å². The summed E-state index contributed by atoms with van der Waals surface area (Å²) in [6.07, 6.45) is 4.29. The van der Waals surface area contributed by atoms with Crippen LogP contribution in [0.1, 0.15) is 32.3 Å². The molecular weight excluding hydrogens is 272 g/mol. The summed E-state index contributed by atoms with van der Waals surface area (Å²) in [6.45, 7) is 3.98. The maximum Gasteiger partial charge on any atom is 0.306 e. The molecule has 3 unspecified atom stereocenters. The third-order valence-electron chi connectivity index (χ3n) is 4.78. The molecule has 0 radical (unpaired) electrons. The second kappa shape index (κ2) is 5.96. The van der Waals surface area contributed by atoms with E-state index in [9.17, 15) is 4.79 Å². The Morgan fingerprint density at radius 2 is 2.00 bits per heavy atom. The highest BCUT2D eigenvalue weighted by atomic mass is 16.4. The number of hydrogen-bond acceptors (Lipinski definition) is 1. The van der Waals surface area contributed by atoms with E-state index < -0.39 is 5.97 Å². The largest absolute Gasteiger partial charge is 0.481 e. The highest BCUT2D eigenvalue weighted by molar-refractivity contribution is 5.84. The van der Waals surface area contributed by atoms with Gasteiger partial charge in [0, 0.05) is 0 Å². The van der Waals surface area contributed by atoms with E-state index in [1.807, 2.05) is 6.92 Å². The second-order valence-corrected chi connectivity index (χ2v) is 6.59. The highest BCUT2D eigenvalue weighted by Gasteiger charge is 2.43. The van der Waals surface area contributed by atoms with E-state index in [-0.39, 0.29) is 5.92 Å². The fraction of sp³-hybridized carbons (Fsp3) is 0.350. The van der Waals surface area contributed by atoms with E-state index in [2.05, 4.69) is 55.5 Å². The van der Waals surface area contributed by atoms with Gasteiger partial charge in [-0.25, -0.2) is 0 Å².